The molecule has 2 saturated heterocycles. The van der Waals surface area contributed by atoms with Crippen molar-refractivity contribution in [2.24, 2.45) is 0 Å². The number of benzene rings is 1. The van der Waals surface area contributed by atoms with Crippen LogP contribution in [-0.2, 0) is 25.5 Å². The van der Waals surface area contributed by atoms with E-state index in [0.29, 0.717) is 25.3 Å². The highest BCUT2D eigenvalue weighted by Gasteiger charge is 2.35. The van der Waals surface area contributed by atoms with Gasteiger partial charge in [0, 0.05) is 18.7 Å². The number of nitrogens with one attached hydrogen (secondary N) is 1. The van der Waals surface area contributed by atoms with E-state index in [1.807, 2.05) is 20.8 Å². The van der Waals surface area contributed by atoms with Gasteiger partial charge in [0.15, 0.2) is 0 Å². The van der Waals surface area contributed by atoms with E-state index >= 15 is 0 Å². The summed E-state index contributed by atoms with van der Waals surface area (Å²) in [5, 5.41) is 2.51. The summed E-state index contributed by atoms with van der Waals surface area (Å²) in [5.74, 6) is -0.0419. The fourth-order valence-electron chi connectivity index (χ4n) is 5.32. The first-order valence-electron chi connectivity index (χ1n) is 11.9. The lowest BCUT2D eigenvalue weighted by molar-refractivity contribution is -0.156. The van der Waals surface area contributed by atoms with Crippen LogP contribution in [0.1, 0.15) is 69.9 Å². The Morgan fingerprint density at radius 3 is 2.53 bits per heavy atom. The monoisotopic (exact) mass is 441 g/mol. The minimum absolute atomic E-state index is 0.159. The van der Waals surface area contributed by atoms with Gasteiger partial charge in [0.1, 0.15) is 11.6 Å². The number of likely N-dealkylation sites (tertiary alicyclic amines) is 1. The highest BCUT2D eigenvalue weighted by molar-refractivity contribution is 6.01. The Labute approximate surface area is 190 Å². The van der Waals surface area contributed by atoms with E-state index < -0.39 is 5.60 Å². The zero-order valence-corrected chi connectivity index (χ0v) is 19.5. The third kappa shape index (κ3) is 5.14. The SMILES string of the molecule is CC(C)(C)OC(=O)CN1CCC(c2cccc3c2CCCN3C2CCC(=O)NC2=O)CC1. The van der Waals surface area contributed by atoms with Crippen LogP contribution in [0, 0.1) is 0 Å². The van der Waals surface area contributed by atoms with Gasteiger partial charge >= 0.3 is 5.97 Å². The molecule has 2 amide bonds. The summed E-state index contributed by atoms with van der Waals surface area (Å²) in [5.41, 5.74) is 3.44. The number of imide groups is 1. The van der Waals surface area contributed by atoms with Gasteiger partial charge in [-0.05, 0) is 89.1 Å². The van der Waals surface area contributed by atoms with Crippen LogP contribution in [0.4, 0.5) is 5.69 Å². The second-order valence-corrected chi connectivity index (χ2v) is 10.2. The molecule has 174 valence electrons. The Morgan fingerprint density at radius 2 is 1.84 bits per heavy atom. The van der Waals surface area contributed by atoms with Crippen LogP contribution in [0.5, 0.6) is 0 Å². The summed E-state index contributed by atoms with van der Waals surface area (Å²) >= 11 is 0. The molecular formula is C25H35N3O4. The molecule has 0 aliphatic carbocycles. The largest absolute Gasteiger partial charge is 0.459 e. The maximum absolute atomic E-state index is 12.5. The van der Waals surface area contributed by atoms with Crippen LogP contribution < -0.4 is 10.2 Å². The minimum atomic E-state index is -0.451. The molecule has 4 rings (SSSR count). The first kappa shape index (κ1) is 22.8. The molecule has 7 heteroatoms. The molecule has 1 aromatic carbocycles. The molecule has 0 radical (unpaired) electrons. The first-order valence-corrected chi connectivity index (χ1v) is 11.9. The molecular weight excluding hydrogens is 406 g/mol. The number of nitrogens with zero attached hydrogens (tertiary/aromatic N) is 2. The lowest BCUT2D eigenvalue weighted by atomic mass is 9.83. The molecule has 3 aliphatic rings. The van der Waals surface area contributed by atoms with Crippen molar-refractivity contribution in [1.82, 2.24) is 10.2 Å². The molecule has 1 aromatic rings. The Morgan fingerprint density at radius 1 is 1.09 bits per heavy atom. The number of carbonyl (C=O) groups is 3. The number of hydrogen-bond donors (Lipinski definition) is 1. The molecule has 7 nitrogen and oxygen atoms in total. The van der Waals surface area contributed by atoms with Crippen molar-refractivity contribution >= 4 is 23.5 Å². The molecule has 3 heterocycles. The lowest BCUT2D eigenvalue weighted by Crippen LogP contribution is -2.54. The van der Waals surface area contributed by atoms with E-state index in [4.69, 9.17) is 4.74 Å². The number of esters is 1. The molecule has 1 atom stereocenters. The number of hydrogen-bond acceptors (Lipinski definition) is 6. The quantitative estimate of drug-likeness (QED) is 0.572. The van der Waals surface area contributed by atoms with E-state index in [1.54, 1.807) is 0 Å². The van der Waals surface area contributed by atoms with E-state index in [1.165, 1.54) is 11.1 Å². The van der Waals surface area contributed by atoms with Gasteiger partial charge in [0.2, 0.25) is 11.8 Å². The molecule has 0 aromatic heterocycles. The van der Waals surface area contributed by atoms with E-state index in [9.17, 15) is 14.4 Å². The van der Waals surface area contributed by atoms with Gasteiger partial charge in [-0.15, -0.1) is 0 Å². The van der Waals surface area contributed by atoms with Crippen LogP contribution in [0.15, 0.2) is 18.2 Å². The summed E-state index contributed by atoms with van der Waals surface area (Å²) in [6.07, 6.45) is 5.04. The van der Waals surface area contributed by atoms with Gasteiger partial charge in [0.25, 0.3) is 0 Å². The van der Waals surface area contributed by atoms with Crippen molar-refractivity contribution in [1.29, 1.82) is 0 Å². The summed E-state index contributed by atoms with van der Waals surface area (Å²) < 4.78 is 5.47. The van der Waals surface area contributed by atoms with Crippen LogP contribution >= 0.6 is 0 Å². The first-order chi connectivity index (χ1) is 15.2. The fraction of sp³-hybridized carbons (Fsp3) is 0.640. The Kier molecular flexibility index (Phi) is 6.56. The summed E-state index contributed by atoms with van der Waals surface area (Å²) in [6.45, 7) is 8.64. The van der Waals surface area contributed by atoms with Crippen molar-refractivity contribution < 1.29 is 19.1 Å². The van der Waals surface area contributed by atoms with Gasteiger partial charge in [-0.2, -0.15) is 0 Å². The smallest absolute Gasteiger partial charge is 0.320 e. The van der Waals surface area contributed by atoms with Crippen LogP contribution in [0.2, 0.25) is 0 Å². The zero-order chi connectivity index (χ0) is 22.9. The highest BCUT2D eigenvalue weighted by Crippen LogP contribution is 2.39. The summed E-state index contributed by atoms with van der Waals surface area (Å²) in [6, 6.07) is 6.20. The van der Waals surface area contributed by atoms with Gasteiger partial charge in [0.05, 0.1) is 6.54 Å². The zero-order valence-electron chi connectivity index (χ0n) is 19.5. The van der Waals surface area contributed by atoms with Gasteiger partial charge < -0.3 is 9.64 Å². The summed E-state index contributed by atoms with van der Waals surface area (Å²) in [7, 11) is 0. The van der Waals surface area contributed by atoms with Crippen molar-refractivity contribution in [2.45, 2.75) is 76.9 Å². The predicted molar refractivity (Wildman–Crippen MR) is 123 cm³/mol. The average molecular weight is 442 g/mol. The molecule has 0 saturated carbocycles. The van der Waals surface area contributed by atoms with Gasteiger partial charge in [-0.1, -0.05) is 12.1 Å². The molecule has 0 spiro atoms. The van der Waals surface area contributed by atoms with Crippen molar-refractivity contribution in [3.8, 4) is 0 Å². The second kappa shape index (κ2) is 9.22. The normalized spacial score (nSPS) is 23.0. The third-order valence-corrected chi connectivity index (χ3v) is 6.71. The highest BCUT2D eigenvalue weighted by atomic mass is 16.6. The van der Waals surface area contributed by atoms with Crippen molar-refractivity contribution in [3.05, 3.63) is 29.3 Å². The van der Waals surface area contributed by atoms with Crippen molar-refractivity contribution in [3.63, 3.8) is 0 Å². The number of ether oxygens (including phenoxy) is 1. The van der Waals surface area contributed by atoms with Gasteiger partial charge in [-0.25, -0.2) is 0 Å². The maximum Gasteiger partial charge on any atom is 0.320 e. The Bertz CT molecular complexity index is 884. The summed E-state index contributed by atoms with van der Waals surface area (Å²) in [4.78, 5) is 40.7. The number of fused-ring (bicyclic) bond motifs is 1. The Balaban J connectivity index is 1.43. The number of piperidine rings is 2. The average Bonchev–Trinajstić information content (AvgIpc) is 2.72. The molecule has 2 fully saturated rings. The van der Waals surface area contributed by atoms with E-state index in [0.717, 1.165) is 51.0 Å². The lowest BCUT2D eigenvalue weighted by Gasteiger charge is -2.40. The standard InChI is InChI=1S/C25H35N3O4/c1-25(2,3)32-23(30)16-27-14-11-17(12-15-27)18-6-4-8-20-19(18)7-5-13-28(20)21-9-10-22(29)26-24(21)31/h4,6,8,17,21H,5,7,9-16H2,1-3H3,(H,26,29,31). The molecule has 32 heavy (non-hydrogen) atoms. The van der Waals surface area contributed by atoms with Gasteiger partial charge in [-0.3, -0.25) is 24.6 Å². The minimum Gasteiger partial charge on any atom is -0.459 e. The third-order valence-electron chi connectivity index (χ3n) is 6.71. The second-order valence-electron chi connectivity index (χ2n) is 10.2. The van der Waals surface area contributed by atoms with Crippen LogP contribution in [-0.4, -0.2) is 60.5 Å². The number of anilines is 1. The number of amides is 2. The number of rotatable bonds is 4. The number of carbonyl (C=O) groups excluding carboxylic acids is 3. The topological polar surface area (TPSA) is 79.0 Å². The Hall–Kier alpha value is -2.41. The molecule has 1 unspecified atom stereocenters. The molecule has 3 aliphatic heterocycles. The van der Waals surface area contributed by atoms with Crippen LogP contribution in [0.3, 0.4) is 0 Å². The molecule has 0 bridgehead atoms. The van der Waals surface area contributed by atoms with E-state index in [-0.39, 0.29) is 23.8 Å². The molecule has 1 N–H and O–H groups in total. The predicted octanol–water partition coefficient (Wildman–Crippen LogP) is 2.77. The van der Waals surface area contributed by atoms with Crippen LogP contribution in [0.25, 0.3) is 0 Å². The van der Waals surface area contributed by atoms with Crippen molar-refractivity contribution in [2.75, 3.05) is 31.1 Å². The fourth-order valence-corrected chi connectivity index (χ4v) is 5.32. The maximum atomic E-state index is 12.5. The van der Waals surface area contributed by atoms with E-state index in [2.05, 4.69) is 33.3 Å².